The van der Waals surface area contributed by atoms with E-state index in [9.17, 15) is 4.79 Å². The number of hydrogen-bond acceptors (Lipinski definition) is 2. The molecule has 0 unspecified atom stereocenters. The second-order valence-corrected chi connectivity index (χ2v) is 4.34. The van der Waals surface area contributed by atoms with Gasteiger partial charge in [-0.05, 0) is 17.2 Å². The zero-order valence-electron chi connectivity index (χ0n) is 10.0. The lowest BCUT2D eigenvalue weighted by atomic mass is 10.0. The van der Waals surface area contributed by atoms with E-state index < -0.39 is 0 Å². The highest BCUT2D eigenvalue weighted by Crippen LogP contribution is 2.27. The minimum absolute atomic E-state index is 0.236. The average molecular weight is 261 g/mol. The fourth-order valence-corrected chi connectivity index (χ4v) is 1.98. The number of benzene rings is 2. The van der Waals surface area contributed by atoms with Crippen LogP contribution in [0.2, 0.25) is 5.02 Å². The zero-order chi connectivity index (χ0) is 13.0. The van der Waals surface area contributed by atoms with E-state index in [1.54, 1.807) is 0 Å². The maximum absolute atomic E-state index is 11.1. The number of ether oxygens (including phenoxy) is 1. The molecular formula is C15H13ClO2. The van der Waals surface area contributed by atoms with Gasteiger partial charge in [-0.15, -0.1) is 0 Å². The van der Waals surface area contributed by atoms with Crippen molar-refractivity contribution in [1.82, 2.24) is 0 Å². The fourth-order valence-electron chi connectivity index (χ4n) is 1.74. The monoisotopic (exact) mass is 260 g/mol. The van der Waals surface area contributed by atoms with Crippen LogP contribution in [-0.2, 0) is 16.0 Å². The highest BCUT2D eigenvalue weighted by Gasteiger charge is 2.05. The normalized spacial score (nSPS) is 10.1. The quantitative estimate of drug-likeness (QED) is 0.786. The highest BCUT2D eigenvalue weighted by atomic mass is 35.5. The Hall–Kier alpha value is -1.80. The first-order valence-corrected chi connectivity index (χ1v) is 5.99. The Morgan fingerprint density at radius 3 is 2.39 bits per heavy atom. The van der Waals surface area contributed by atoms with Crippen molar-refractivity contribution in [2.24, 2.45) is 0 Å². The van der Waals surface area contributed by atoms with Crippen LogP contribution in [0.3, 0.4) is 0 Å². The van der Waals surface area contributed by atoms with Crippen LogP contribution in [0.25, 0.3) is 11.1 Å². The summed E-state index contributed by atoms with van der Waals surface area (Å²) >= 11 is 6.13. The summed E-state index contributed by atoms with van der Waals surface area (Å²) in [6.07, 6.45) is 0.291. The second kappa shape index (κ2) is 5.69. The van der Waals surface area contributed by atoms with E-state index in [2.05, 4.69) is 4.74 Å². The lowest BCUT2D eigenvalue weighted by Crippen LogP contribution is -2.04. The van der Waals surface area contributed by atoms with Crippen molar-refractivity contribution < 1.29 is 9.53 Å². The van der Waals surface area contributed by atoms with E-state index in [1.807, 2.05) is 48.5 Å². The first-order chi connectivity index (χ1) is 8.70. The molecule has 18 heavy (non-hydrogen) atoms. The summed E-state index contributed by atoms with van der Waals surface area (Å²) in [6.45, 7) is 0. The molecule has 0 spiro atoms. The van der Waals surface area contributed by atoms with Crippen LogP contribution < -0.4 is 0 Å². The van der Waals surface area contributed by atoms with Crippen molar-refractivity contribution >= 4 is 17.6 Å². The Bertz CT molecular complexity index is 547. The summed E-state index contributed by atoms with van der Waals surface area (Å²) in [5.41, 5.74) is 2.95. The molecule has 0 aliphatic heterocycles. The molecule has 0 aromatic heterocycles. The van der Waals surface area contributed by atoms with Gasteiger partial charge in [0.1, 0.15) is 0 Å². The molecule has 2 aromatic carbocycles. The van der Waals surface area contributed by atoms with Crippen molar-refractivity contribution in [2.45, 2.75) is 6.42 Å². The predicted molar refractivity (Wildman–Crippen MR) is 72.6 cm³/mol. The third-order valence-electron chi connectivity index (χ3n) is 2.71. The summed E-state index contributed by atoms with van der Waals surface area (Å²) in [6, 6.07) is 15.4. The predicted octanol–water partition coefficient (Wildman–Crippen LogP) is 3.72. The van der Waals surface area contributed by atoms with Crippen LogP contribution in [0, 0.1) is 0 Å². The Morgan fingerprint density at radius 1 is 1.11 bits per heavy atom. The lowest BCUT2D eigenvalue weighted by molar-refractivity contribution is -0.139. The van der Waals surface area contributed by atoms with Crippen LogP contribution in [0.4, 0.5) is 0 Å². The van der Waals surface area contributed by atoms with Crippen LogP contribution in [0.15, 0.2) is 48.5 Å². The molecule has 0 bridgehead atoms. The molecule has 0 saturated carbocycles. The SMILES string of the molecule is COC(=O)Cc1ccc(-c2ccccc2Cl)cc1. The molecule has 0 atom stereocenters. The molecule has 0 amide bonds. The van der Waals surface area contributed by atoms with Gasteiger partial charge in [0, 0.05) is 10.6 Å². The number of halogens is 1. The molecule has 0 aliphatic rings. The molecule has 0 aliphatic carbocycles. The molecule has 92 valence electrons. The van der Waals surface area contributed by atoms with Crippen LogP contribution >= 0.6 is 11.6 Å². The molecule has 2 aromatic rings. The van der Waals surface area contributed by atoms with Gasteiger partial charge in [-0.3, -0.25) is 4.79 Å². The first-order valence-electron chi connectivity index (χ1n) is 5.61. The molecule has 0 saturated heterocycles. The van der Waals surface area contributed by atoms with E-state index >= 15 is 0 Å². The number of esters is 1. The number of hydrogen-bond donors (Lipinski definition) is 0. The van der Waals surface area contributed by atoms with Crippen molar-refractivity contribution in [1.29, 1.82) is 0 Å². The molecule has 0 radical (unpaired) electrons. The van der Waals surface area contributed by atoms with E-state index in [0.29, 0.717) is 6.42 Å². The van der Waals surface area contributed by atoms with Gasteiger partial charge in [0.25, 0.3) is 0 Å². The van der Waals surface area contributed by atoms with E-state index in [1.165, 1.54) is 7.11 Å². The Balaban J connectivity index is 2.23. The summed E-state index contributed by atoms with van der Waals surface area (Å²) < 4.78 is 4.63. The van der Waals surface area contributed by atoms with E-state index in [-0.39, 0.29) is 5.97 Å². The Kier molecular flexibility index (Phi) is 4.00. The van der Waals surface area contributed by atoms with Gasteiger partial charge in [0.05, 0.1) is 13.5 Å². The topological polar surface area (TPSA) is 26.3 Å². The molecule has 0 N–H and O–H groups in total. The minimum atomic E-state index is -0.236. The second-order valence-electron chi connectivity index (χ2n) is 3.93. The van der Waals surface area contributed by atoms with Gasteiger partial charge in [-0.1, -0.05) is 54.1 Å². The van der Waals surface area contributed by atoms with Gasteiger partial charge in [-0.2, -0.15) is 0 Å². The largest absolute Gasteiger partial charge is 0.469 e. The maximum atomic E-state index is 11.1. The van der Waals surface area contributed by atoms with Crippen molar-refractivity contribution in [3.8, 4) is 11.1 Å². The van der Waals surface area contributed by atoms with Crippen molar-refractivity contribution in [3.63, 3.8) is 0 Å². The van der Waals surface area contributed by atoms with Crippen molar-refractivity contribution in [2.75, 3.05) is 7.11 Å². The Labute approximate surface area is 111 Å². The van der Waals surface area contributed by atoms with Crippen LogP contribution in [0.5, 0.6) is 0 Å². The van der Waals surface area contributed by atoms with Gasteiger partial charge in [0.15, 0.2) is 0 Å². The first kappa shape index (κ1) is 12.7. The molecular weight excluding hydrogens is 248 g/mol. The number of methoxy groups -OCH3 is 1. The van der Waals surface area contributed by atoms with Gasteiger partial charge in [0.2, 0.25) is 0 Å². The van der Waals surface area contributed by atoms with Crippen LogP contribution in [0.1, 0.15) is 5.56 Å². The molecule has 0 fully saturated rings. The molecule has 2 rings (SSSR count). The summed E-state index contributed by atoms with van der Waals surface area (Å²) in [7, 11) is 1.39. The van der Waals surface area contributed by atoms with E-state index in [0.717, 1.165) is 21.7 Å². The van der Waals surface area contributed by atoms with E-state index in [4.69, 9.17) is 11.6 Å². The van der Waals surface area contributed by atoms with Gasteiger partial charge >= 0.3 is 5.97 Å². The molecule has 3 heteroatoms. The number of carbonyl (C=O) groups is 1. The third-order valence-corrected chi connectivity index (χ3v) is 3.04. The Morgan fingerprint density at radius 2 is 1.78 bits per heavy atom. The highest BCUT2D eigenvalue weighted by molar-refractivity contribution is 6.33. The smallest absolute Gasteiger partial charge is 0.309 e. The van der Waals surface area contributed by atoms with Gasteiger partial charge < -0.3 is 4.74 Å². The van der Waals surface area contributed by atoms with Gasteiger partial charge in [-0.25, -0.2) is 0 Å². The molecule has 2 nitrogen and oxygen atoms in total. The summed E-state index contributed by atoms with van der Waals surface area (Å²) in [5.74, 6) is -0.236. The number of carbonyl (C=O) groups excluding carboxylic acids is 1. The van der Waals surface area contributed by atoms with Crippen molar-refractivity contribution in [3.05, 3.63) is 59.1 Å². The van der Waals surface area contributed by atoms with Crippen LogP contribution in [-0.4, -0.2) is 13.1 Å². The average Bonchev–Trinajstić information content (AvgIpc) is 2.40. The molecule has 0 heterocycles. The number of rotatable bonds is 3. The zero-order valence-corrected chi connectivity index (χ0v) is 10.8. The summed E-state index contributed by atoms with van der Waals surface area (Å²) in [5, 5.41) is 0.721. The maximum Gasteiger partial charge on any atom is 0.309 e. The fraction of sp³-hybridized carbons (Fsp3) is 0.133. The third kappa shape index (κ3) is 2.90. The summed E-state index contributed by atoms with van der Waals surface area (Å²) in [4.78, 5) is 11.1. The minimum Gasteiger partial charge on any atom is -0.469 e. The lowest BCUT2D eigenvalue weighted by Gasteiger charge is -2.05. The standard InChI is InChI=1S/C15H13ClO2/c1-18-15(17)10-11-6-8-12(9-7-11)13-4-2-3-5-14(13)16/h2-9H,10H2,1H3.